The van der Waals surface area contributed by atoms with E-state index in [9.17, 15) is 4.79 Å². The van der Waals surface area contributed by atoms with Crippen LogP contribution in [0.5, 0.6) is 5.75 Å². The van der Waals surface area contributed by atoms with Gasteiger partial charge in [0.25, 0.3) is 5.91 Å². The largest absolute Gasteiger partial charge is 0.497 e. The van der Waals surface area contributed by atoms with Crippen molar-refractivity contribution in [3.63, 3.8) is 0 Å². The van der Waals surface area contributed by atoms with Crippen LogP contribution in [0.15, 0.2) is 52.9 Å². The highest BCUT2D eigenvalue weighted by Gasteiger charge is 2.28. The van der Waals surface area contributed by atoms with Crippen molar-refractivity contribution in [2.75, 3.05) is 26.7 Å². The number of fused-ring (bicyclic) bond motifs is 1. The van der Waals surface area contributed by atoms with Gasteiger partial charge in [0.2, 0.25) is 5.76 Å². The third kappa shape index (κ3) is 3.66. The first-order chi connectivity index (χ1) is 12.7. The molecular weight excluding hydrogens is 364 g/mol. The van der Waals surface area contributed by atoms with Crippen molar-refractivity contribution in [2.24, 2.45) is 0 Å². The Labute approximate surface area is 164 Å². The van der Waals surface area contributed by atoms with Crippen LogP contribution in [0.2, 0.25) is 0 Å². The summed E-state index contributed by atoms with van der Waals surface area (Å²) in [7, 11) is 1.62. The first-order valence-electron chi connectivity index (χ1n) is 8.86. The van der Waals surface area contributed by atoms with E-state index in [-0.39, 0.29) is 24.4 Å². The van der Waals surface area contributed by atoms with Crippen molar-refractivity contribution in [3.8, 4) is 16.9 Å². The normalized spacial score (nSPS) is 16.8. The molecule has 0 aliphatic carbocycles. The Balaban J connectivity index is 0.00000210. The summed E-state index contributed by atoms with van der Waals surface area (Å²) >= 11 is 0. The number of carbonyl (C=O) groups is 1. The first-order valence-corrected chi connectivity index (χ1v) is 8.86. The molecule has 0 spiro atoms. The fraction of sp³-hybridized carbons (Fsp3) is 0.286. The number of amides is 1. The van der Waals surface area contributed by atoms with Crippen LogP contribution in [0.1, 0.15) is 17.5 Å². The summed E-state index contributed by atoms with van der Waals surface area (Å²) < 4.78 is 11.4. The fourth-order valence-corrected chi connectivity index (χ4v) is 3.51. The van der Waals surface area contributed by atoms with E-state index in [1.165, 1.54) is 0 Å². The molecule has 5 nitrogen and oxygen atoms in total. The van der Waals surface area contributed by atoms with E-state index in [0.29, 0.717) is 30.2 Å². The van der Waals surface area contributed by atoms with Gasteiger partial charge in [0.15, 0.2) is 0 Å². The number of rotatable bonds is 3. The highest BCUT2D eigenvalue weighted by atomic mass is 35.5. The quantitative estimate of drug-likeness (QED) is 0.740. The van der Waals surface area contributed by atoms with Crippen molar-refractivity contribution in [1.82, 2.24) is 10.2 Å². The molecule has 0 radical (unpaired) electrons. The van der Waals surface area contributed by atoms with E-state index in [1.807, 2.05) is 53.4 Å². The number of hydrogen-bond acceptors (Lipinski definition) is 4. The van der Waals surface area contributed by atoms with E-state index >= 15 is 0 Å². The van der Waals surface area contributed by atoms with Crippen LogP contribution in [0.4, 0.5) is 0 Å². The molecule has 1 aliphatic rings. The van der Waals surface area contributed by atoms with Crippen LogP contribution in [-0.4, -0.2) is 43.6 Å². The van der Waals surface area contributed by atoms with E-state index in [1.54, 1.807) is 7.11 Å². The molecule has 1 aromatic heterocycles. The number of methoxy groups -OCH3 is 1. The Morgan fingerprint density at radius 3 is 2.70 bits per heavy atom. The van der Waals surface area contributed by atoms with Crippen LogP contribution in [0, 0.1) is 0 Å². The molecule has 0 saturated carbocycles. The van der Waals surface area contributed by atoms with Crippen molar-refractivity contribution < 1.29 is 13.9 Å². The number of hydrogen-bond donors (Lipinski definition) is 1. The number of furan rings is 1. The summed E-state index contributed by atoms with van der Waals surface area (Å²) in [6.07, 6.45) is 0. The molecule has 1 fully saturated rings. The second-order valence-corrected chi connectivity index (χ2v) is 6.64. The zero-order valence-corrected chi connectivity index (χ0v) is 16.2. The smallest absolute Gasteiger partial charge is 0.290 e. The van der Waals surface area contributed by atoms with Crippen LogP contribution >= 0.6 is 12.4 Å². The third-order valence-electron chi connectivity index (χ3n) is 4.81. The van der Waals surface area contributed by atoms with Gasteiger partial charge < -0.3 is 19.4 Å². The zero-order valence-electron chi connectivity index (χ0n) is 15.4. The van der Waals surface area contributed by atoms with Crippen molar-refractivity contribution in [1.29, 1.82) is 0 Å². The molecular formula is C21H23ClN2O3. The third-order valence-corrected chi connectivity index (χ3v) is 4.81. The highest BCUT2D eigenvalue weighted by molar-refractivity contribution is 6.08. The lowest BCUT2D eigenvalue weighted by Gasteiger charge is -2.31. The summed E-state index contributed by atoms with van der Waals surface area (Å²) in [5.74, 6) is 1.04. The summed E-state index contributed by atoms with van der Waals surface area (Å²) in [5, 5.41) is 4.29. The van der Waals surface area contributed by atoms with E-state index in [2.05, 4.69) is 12.2 Å². The standard InChI is InChI=1S/C21H22N2O3.ClH/c1-14-13-23(11-10-22-14)21(24)20-19(15-6-4-3-5-7-15)17-9-8-16(25-2)12-18(17)26-20;/h3-9,12,14,22H,10-11,13H2,1-2H3;1H. The number of nitrogens with one attached hydrogen (secondary N) is 1. The van der Waals surface area contributed by atoms with Gasteiger partial charge in [-0.25, -0.2) is 0 Å². The molecule has 1 N–H and O–H groups in total. The Bertz CT molecular complexity index is 939. The summed E-state index contributed by atoms with van der Waals surface area (Å²) in [5.41, 5.74) is 2.48. The van der Waals surface area contributed by atoms with Gasteiger partial charge in [0.05, 0.1) is 7.11 Å². The minimum atomic E-state index is -0.0626. The van der Waals surface area contributed by atoms with Gasteiger partial charge in [-0.2, -0.15) is 0 Å². The van der Waals surface area contributed by atoms with Crippen LogP contribution in [-0.2, 0) is 0 Å². The average molecular weight is 387 g/mol. The molecule has 4 rings (SSSR count). The van der Waals surface area contributed by atoms with Crippen LogP contribution in [0.25, 0.3) is 22.1 Å². The zero-order chi connectivity index (χ0) is 18.1. The number of ether oxygens (including phenoxy) is 1. The van der Waals surface area contributed by atoms with Gasteiger partial charge in [-0.3, -0.25) is 4.79 Å². The molecule has 1 atom stereocenters. The number of piperazine rings is 1. The fourth-order valence-electron chi connectivity index (χ4n) is 3.51. The average Bonchev–Trinajstić information content (AvgIpc) is 3.06. The second kappa shape index (κ2) is 8.03. The molecule has 3 aromatic rings. The minimum Gasteiger partial charge on any atom is -0.497 e. The van der Waals surface area contributed by atoms with Gasteiger partial charge in [-0.05, 0) is 24.6 Å². The summed E-state index contributed by atoms with van der Waals surface area (Å²) in [6, 6.07) is 15.9. The lowest BCUT2D eigenvalue weighted by atomic mass is 10.0. The molecule has 1 amide bonds. The molecule has 2 aromatic carbocycles. The lowest BCUT2D eigenvalue weighted by Crippen LogP contribution is -2.51. The molecule has 1 unspecified atom stereocenters. The van der Waals surface area contributed by atoms with E-state index in [4.69, 9.17) is 9.15 Å². The molecule has 1 saturated heterocycles. The molecule has 27 heavy (non-hydrogen) atoms. The predicted molar refractivity (Wildman–Crippen MR) is 109 cm³/mol. The summed E-state index contributed by atoms with van der Waals surface area (Å²) in [4.78, 5) is 15.1. The molecule has 6 heteroatoms. The number of halogens is 1. The Hall–Kier alpha value is -2.50. The van der Waals surface area contributed by atoms with E-state index < -0.39 is 0 Å². The van der Waals surface area contributed by atoms with Gasteiger partial charge in [-0.1, -0.05) is 30.3 Å². The Kier molecular flexibility index (Phi) is 5.73. The van der Waals surface area contributed by atoms with Gasteiger partial charge in [0, 0.05) is 42.7 Å². The van der Waals surface area contributed by atoms with Crippen molar-refractivity contribution in [2.45, 2.75) is 13.0 Å². The van der Waals surface area contributed by atoms with Crippen molar-refractivity contribution >= 4 is 29.3 Å². The van der Waals surface area contributed by atoms with E-state index in [0.717, 1.165) is 23.1 Å². The van der Waals surface area contributed by atoms with Crippen LogP contribution < -0.4 is 10.1 Å². The number of carbonyl (C=O) groups excluding carboxylic acids is 1. The Morgan fingerprint density at radius 2 is 2.00 bits per heavy atom. The molecule has 142 valence electrons. The first kappa shape index (κ1) is 19.3. The topological polar surface area (TPSA) is 54.7 Å². The maximum atomic E-state index is 13.2. The predicted octanol–water partition coefficient (Wildman–Crippen LogP) is 3.96. The van der Waals surface area contributed by atoms with Gasteiger partial charge in [-0.15, -0.1) is 12.4 Å². The van der Waals surface area contributed by atoms with Crippen molar-refractivity contribution in [3.05, 3.63) is 54.3 Å². The monoisotopic (exact) mass is 386 g/mol. The Morgan fingerprint density at radius 1 is 1.22 bits per heavy atom. The number of nitrogens with zero attached hydrogens (tertiary/aromatic N) is 1. The second-order valence-electron chi connectivity index (χ2n) is 6.64. The molecule has 1 aliphatic heterocycles. The van der Waals surface area contributed by atoms with Gasteiger partial charge >= 0.3 is 0 Å². The maximum Gasteiger partial charge on any atom is 0.290 e. The lowest BCUT2D eigenvalue weighted by molar-refractivity contribution is 0.0680. The van der Waals surface area contributed by atoms with Crippen LogP contribution in [0.3, 0.4) is 0 Å². The van der Waals surface area contributed by atoms with Gasteiger partial charge in [0.1, 0.15) is 11.3 Å². The minimum absolute atomic E-state index is 0. The SMILES string of the molecule is COc1ccc2c(-c3ccccc3)c(C(=O)N3CCNC(C)C3)oc2c1.Cl. The number of benzene rings is 2. The maximum absolute atomic E-state index is 13.2. The highest BCUT2D eigenvalue weighted by Crippen LogP contribution is 2.37. The molecule has 0 bridgehead atoms. The summed E-state index contributed by atoms with van der Waals surface area (Å²) in [6.45, 7) is 4.23. The molecule has 2 heterocycles.